The summed E-state index contributed by atoms with van der Waals surface area (Å²) in [5.41, 5.74) is 1.38. The molecule has 2 N–H and O–H groups in total. The molecule has 1 aromatic carbocycles. The van der Waals surface area contributed by atoms with Gasteiger partial charge in [-0.15, -0.1) is 11.3 Å². The summed E-state index contributed by atoms with van der Waals surface area (Å²) in [6, 6.07) is 10.6. The minimum Gasteiger partial charge on any atom is -0.357 e. The fourth-order valence-electron chi connectivity index (χ4n) is 2.11. The number of aliphatic imine (C=N–C) groups is 1. The lowest BCUT2D eigenvalue weighted by atomic mass is 10.1. The van der Waals surface area contributed by atoms with Crippen molar-refractivity contribution in [2.24, 2.45) is 4.99 Å². The van der Waals surface area contributed by atoms with Crippen LogP contribution in [-0.2, 0) is 13.0 Å². The normalized spacial score (nSPS) is 11.5. The van der Waals surface area contributed by atoms with Crippen molar-refractivity contribution in [3.63, 3.8) is 0 Å². The van der Waals surface area contributed by atoms with Gasteiger partial charge in [-0.3, -0.25) is 0 Å². The molecule has 4 nitrogen and oxygen atoms in total. The highest BCUT2D eigenvalue weighted by atomic mass is 32.1. The largest absolute Gasteiger partial charge is 0.357 e. The van der Waals surface area contributed by atoms with E-state index in [1.54, 1.807) is 11.3 Å². The first-order valence-electron chi connectivity index (χ1n) is 7.75. The van der Waals surface area contributed by atoms with E-state index in [1.807, 2.05) is 6.20 Å². The summed E-state index contributed by atoms with van der Waals surface area (Å²) in [4.78, 5) is 10.2. The predicted octanol–water partition coefficient (Wildman–Crippen LogP) is 3.14. The number of nitrogens with one attached hydrogen (secondary N) is 2. The fraction of sp³-hybridized carbons (Fsp3) is 0.412. The van der Waals surface area contributed by atoms with Crippen LogP contribution in [-0.4, -0.2) is 24.0 Å². The standard InChI is InChI=1S/C17H24N4S/c1-3-18-17(21-13-16-20-12-14(2)22-16)19-11-7-10-15-8-5-4-6-9-15/h4-6,8-9,12H,3,7,10-11,13H2,1-2H3,(H2,18,19,21). The van der Waals surface area contributed by atoms with Crippen molar-refractivity contribution in [2.75, 3.05) is 13.1 Å². The van der Waals surface area contributed by atoms with Gasteiger partial charge in [-0.2, -0.15) is 0 Å². The van der Waals surface area contributed by atoms with Gasteiger partial charge in [0.25, 0.3) is 0 Å². The van der Waals surface area contributed by atoms with Gasteiger partial charge in [-0.05, 0) is 32.3 Å². The highest BCUT2D eigenvalue weighted by Crippen LogP contribution is 2.11. The van der Waals surface area contributed by atoms with E-state index in [2.05, 4.69) is 64.8 Å². The van der Waals surface area contributed by atoms with Crippen LogP contribution in [0, 0.1) is 6.92 Å². The van der Waals surface area contributed by atoms with Gasteiger partial charge in [0.1, 0.15) is 5.01 Å². The van der Waals surface area contributed by atoms with Gasteiger partial charge < -0.3 is 10.6 Å². The van der Waals surface area contributed by atoms with Crippen molar-refractivity contribution in [2.45, 2.75) is 33.2 Å². The SMILES string of the molecule is CCNC(=NCc1ncc(C)s1)NCCCc1ccccc1. The molecule has 0 fully saturated rings. The highest BCUT2D eigenvalue weighted by Gasteiger charge is 2.00. The highest BCUT2D eigenvalue weighted by molar-refractivity contribution is 7.11. The molecule has 1 heterocycles. The van der Waals surface area contributed by atoms with Crippen LogP contribution in [0.5, 0.6) is 0 Å². The molecule has 22 heavy (non-hydrogen) atoms. The maximum absolute atomic E-state index is 4.58. The van der Waals surface area contributed by atoms with E-state index in [1.165, 1.54) is 10.4 Å². The Labute approximate surface area is 136 Å². The van der Waals surface area contributed by atoms with Crippen LogP contribution >= 0.6 is 11.3 Å². The summed E-state index contributed by atoms with van der Waals surface area (Å²) in [6.07, 6.45) is 4.07. The Morgan fingerprint density at radius 2 is 2.05 bits per heavy atom. The van der Waals surface area contributed by atoms with Crippen LogP contribution in [0.4, 0.5) is 0 Å². The lowest BCUT2D eigenvalue weighted by Gasteiger charge is -2.10. The Bertz CT molecular complexity index is 577. The van der Waals surface area contributed by atoms with E-state index < -0.39 is 0 Å². The van der Waals surface area contributed by atoms with Crippen molar-refractivity contribution in [3.8, 4) is 0 Å². The Morgan fingerprint density at radius 3 is 2.73 bits per heavy atom. The maximum atomic E-state index is 4.58. The summed E-state index contributed by atoms with van der Waals surface area (Å²) in [5, 5.41) is 7.71. The quantitative estimate of drug-likeness (QED) is 0.469. The first-order chi connectivity index (χ1) is 10.8. The van der Waals surface area contributed by atoms with Gasteiger partial charge in [-0.1, -0.05) is 30.3 Å². The molecule has 2 rings (SSSR count). The van der Waals surface area contributed by atoms with Crippen LogP contribution in [0.15, 0.2) is 41.5 Å². The second kappa shape index (κ2) is 9.20. The molecule has 0 aliphatic carbocycles. The molecular weight excluding hydrogens is 292 g/mol. The molecule has 0 saturated carbocycles. The number of nitrogens with zero attached hydrogens (tertiary/aromatic N) is 2. The third kappa shape index (κ3) is 5.85. The molecule has 0 saturated heterocycles. The minimum absolute atomic E-state index is 0.631. The van der Waals surface area contributed by atoms with E-state index in [0.717, 1.165) is 36.9 Å². The summed E-state index contributed by atoms with van der Waals surface area (Å²) in [5.74, 6) is 0.864. The molecular formula is C17H24N4S. The van der Waals surface area contributed by atoms with Crippen LogP contribution in [0.25, 0.3) is 0 Å². The van der Waals surface area contributed by atoms with E-state index in [9.17, 15) is 0 Å². The smallest absolute Gasteiger partial charge is 0.191 e. The van der Waals surface area contributed by atoms with Crippen molar-refractivity contribution >= 4 is 17.3 Å². The molecule has 118 valence electrons. The number of guanidine groups is 1. The van der Waals surface area contributed by atoms with Crippen molar-refractivity contribution in [1.82, 2.24) is 15.6 Å². The number of hydrogen-bond donors (Lipinski definition) is 2. The molecule has 0 unspecified atom stereocenters. The predicted molar refractivity (Wildman–Crippen MR) is 94.4 cm³/mol. The number of hydrogen-bond acceptors (Lipinski definition) is 3. The monoisotopic (exact) mass is 316 g/mol. The van der Waals surface area contributed by atoms with Crippen molar-refractivity contribution in [1.29, 1.82) is 0 Å². The van der Waals surface area contributed by atoms with Gasteiger partial charge in [0.05, 0.1) is 6.54 Å². The number of aryl methyl sites for hydroxylation is 2. The van der Waals surface area contributed by atoms with Gasteiger partial charge >= 0.3 is 0 Å². The van der Waals surface area contributed by atoms with E-state index in [0.29, 0.717) is 6.54 Å². The molecule has 1 aromatic heterocycles. The van der Waals surface area contributed by atoms with Crippen molar-refractivity contribution in [3.05, 3.63) is 52.0 Å². The van der Waals surface area contributed by atoms with Gasteiger partial charge in [0.2, 0.25) is 0 Å². The zero-order valence-corrected chi connectivity index (χ0v) is 14.1. The Kier molecular flexibility index (Phi) is 6.90. The molecule has 0 atom stereocenters. The maximum Gasteiger partial charge on any atom is 0.191 e. The fourth-order valence-corrected chi connectivity index (χ4v) is 2.82. The van der Waals surface area contributed by atoms with Crippen LogP contribution in [0.3, 0.4) is 0 Å². The molecule has 0 aliphatic rings. The Balaban J connectivity index is 1.76. The molecule has 0 aliphatic heterocycles. The zero-order valence-electron chi connectivity index (χ0n) is 13.3. The van der Waals surface area contributed by atoms with Gasteiger partial charge in [0.15, 0.2) is 5.96 Å². The number of thiazole rings is 1. The molecule has 0 spiro atoms. The molecule has 0 amide bonds. The second-order valence-electron chi connectivity index (χ2n) is 5.08. The Morgan fingerprint density at radius 1 is 1.23 bits per heavy atom. The van der Waals surface area contributed by atoms with Crippen LogP contribution < -0.4 is 10.6 Å². The average molecular weight is 316 g/mol. The summed E-state index contributed by atoms with van der Waals surface area (Å²) < 4.78 is 0. The first-order valence-corrected chi connectivity index (χ1v) is 8.57. The topological polar surface area (TPSA) is 49.3 Å². The van der Waals surface area contributed by atoms with Crippen molar-refractivity contribution < 1.29 is 0 Å². The summed E-state index contributed by atoms with van der Waals surface area (Å²) in [7, 11) is 0. The molecule has 2 aromatic rings. The zero-order chi connectivity index (χ0) is 15.6. The van der Waals surface area contributed by atoms with Crippen LogP contribution in [0.2, 0.25) is 0 Å². The molecule has 5 heteroatoms. The lowest BCUT2D eigenvalue weighted by molar-refractivity contribution is 0.743. The van der Waals surface area contributed by atoms with Gasteiger partial charge in [-0.25, -0.2) is 9.98 Å². The van der Waals surface area contributed by atoms with Gasteiger partial charge in [0, 0.05) is 24.2 Å². The van der Waals surface area contributed by atoms with E-state index >= 15 is 0 Å². The number of aromatic nitrogens is 1. The first kappa shape index (κ1) is 16.5. The second-order valence-corrected chi connectivity index (χ2v) is 6.40. The Hall–Kier alpha value is -1.88. The summed E-state index contributed by atoms with van der Waals surface area (Å²) in [6.45, 7) is 6.55. The van der Waals surface area contributed by atoms with Crippen LogP contribution in [0.1, 0.15) is 28.8 Å². The number of rotatable bonds is 7. The lowest BCUT2D eigenvalue weighted by Crippen LogP contribution is -2.37. The molecule has 0 bridgehead atoms. The summed E-state index contributed by atoms with van der Waals surface area (Å²) >= 11 is 1.70. The number of benzene rings is 1. The average Bonchev–Trinajstić information content (AvgIpc) is 2.95. The van der Waals surface area contributed by atoms with E-state index in [-0.39, 0.29) is 0 Å². The third-order valence-electron chi connectivity index (χ3n) is 3.16. The molecule has 0 radical (unpaired) electrons. The third-order valence-corrected chi connectivity index (χ3v) is 4.06. The van der Waals surface area contributed by atoms with E-state index in [4.69, 9.17) is 0 Å². The minimum atomic E-state index is 0.631.